The summed E-state index contributed by atoms with van der Waals surface area (Å²) in [5.74, 6) is 1.76. The molecule has 0 unspecified atom stereocenters. The number of aromatic nitrogens is 3. The summed E-state index contributed by atoms with van der Waals surface area (Å²) in [6.45, 7) is 10.1. The molecule has 3 heterocycles. The molecule has 0 bridgehead atoms. The second kappa shape index (κ2) is 9.79. The standard InChI is InChI=1S/C19H29N7OS/c1-4-24(5-2)18-16(7-6-9-20-18)15-23-11-13-25(14-12-23)19(27)26-10-8-17(21-26)22-28-3/h6-10H,4-5,11-15H2,1-3H3,(H,21,22). The van der Waals surface area contributed by atoms with Crippen molar-refractivity contribution in [3.63, 3.8) is 0 Å². The third-order valence-electron chi connectivity index (χ3n) is 4.96. The lowest BCUT2D eigenvalue weighted by Gasteiger charge is -2.35. The largest absolute Gasteiger partial charge is 0.357 e. The molecular weight excluding hydrogens is 374 g/mol. The van der Waals surface area contributed by atoms with Crippen LogP contribution in [0.15, 0.2) is 30.6 Å². The summed E-state index contributed by atoms with van der Waals surface area (Å²) in [4.78, 5) is 23.8. The van der Waals surface area contributed by atoms with E-state index >= 15 is 0 Å². The predicted molar refractivity (Wildman–Crippen MR) is 115 cm³/mol. The second-order valence-corrected chi connectivity index (χ2v) is 7.27. The van der Waals surface area contributed by atoms with Crippen molar-refractivity contribution < 1.29 is 4.79 Å². The molecule has 3 rings (SSSR count). The summed E-state index contributed by atoms with van der Waals surface area (Å²) in [7, 11) is 0. The van der Waals surface area contributed by atoms with Gasteiger partial charge in [-0.2, -0.15) is 4.68 Å². The van der Waals surface area contributed by atoms with Gasteiger partial charge in [0.2, 0.25) is 0 Å². The van der Waals surface area contributed by atoms with Crippen LogP contribution >= 0.6 is 11.9 Å². The van der Waals surface area contributed by atoms with Gasteiger partial charge in [0.1, 0.15) is 5.82 Å². The number of amides is 1. The molecule has 1 aliphatic heterocycles. The van der Waals surface area contributed by atoms with Gasteiger partial charge in [0.05, 0.1) is 0 Å². The summed E-state index contributed by atoms with van der Waals surface area (Å²) in [6.07, 6.45) is 5.49. The van der Waals surface area contributed by atoms with E-state index in [2.05, 4.69) is 44.5 Å². The number of anilines is 2. The van der Waals surface area contributed by atoms with E-state index in [0.717, 1.165) is 38.5 Å². The maximum Gasteiger partial charge on any atom is 0.344 e. The van der Waals surface area contributed by atoms with Crippen LogP contribution in [0.1, 0.15) is 19.4 Å². The van der Waals surface area contributed by atoms with Crippen LogP contribution in [0.5, 0.6) is 0 Å². The molecule has 0 spiro atoms. The van der Waals surface area contributed by atoms with Gasteiger partial charge >= 0.3 is 6.03 Å². The molecule has 2 aromatic heterocycles. The molecule has 9 heteroatoms. The number of carbonyl (C=O) groups is 1. The van der Waals surface area contributed by atoms with Gasteiger partial charge in [-0.3, -0.25) is 4.90 Å². The van der Waals surface area contributed by atoms with E-state index in [1.165, 1.54) is 22.2 Å². The van der Waals surface area contributed by atoms with Gasteiger partial charge < -0.3 is 14.5 Å². The van der Waals surface area contributed by atoms with E-state index in [9.17, 15) is 4.79 Å². The first-order valence-corrected chi connectivity index (χ1v) is 10.9. The number of rotatable bonds is 7. The fourth-order valence-corrected chi connectivity index (χ4v) is 3.75. The van der Waals surface area contributed by atoms with Crippen molar-refractivity contribution in [1.82, 2.24) is 24.6 Å². The van der Waals surface area contributed by atoms with Gasteiger partial charge in [0.15, 0.2) is 5.82 Å². The number of hydrogen-bond donors (Lipinski definition) is 1. The van der Waals surface area contributed by atoms with Crippen LogP contribution in [-0.4, -0.2) is 76.1 Å². The first-order valence-electron chi connectivity index (χ1n) is 9.71. The molecule has 8 nitrogen and oxygen atoms in total. The number of pyridine rings is 1. The van der Waals surface area contributed by atoms with Crippen LogP contribution in [-0.2, 0) is 6.54 Å². The summed E-state index contributed by atoms with van der Waals surface area (Å²) < 4.78 is 4.45. The average molecular weight is 404 g/mol. The first-order chi connectivity index (χ1) is 13.7. The molecule has 0 aliphatic carbocycles. The Hall–Kier alpha value is -2.26. The van der Waals surface area contributed by atoms with Crippen molar-refractivity contribution in [2.45, 2.75) is 20.4 Å². The first kappa shape index (κ1) is 20.5. The Balaban J connectivity index is 1.58. The van der Waals surface area contributed by atoms with Gasteiger partial charge in [0, 0.05) is 76.1 Å². The minimum Gasteiger partial charge on any atom is -0.357 e. The molecule has 1 amide bonds. The Labute approximate surface area is 171 Å². The van der Waals surface area contributed by atoms with E-state index in [1.54, 1.807) is 6.20 Å². The maximum atomic E-state index is 12.7. The van der Waals surface area contributed by atoms with Crippen molar-refractivity contribution in [3.05, 3.63) is 36.2 Å². The van der Waals surface area contributed by atoms with E-state index in [4.69, 9.17) is 0 Å². The fraction of sp³-hybridized carbons (Fsp3) is 0.526. The topological polar surface area (TPSA) is 69.5 Å². The Morgan fingerprint density at radius 2 is 1.96 bits per heavy atom. The molecule has 0 radical (unpaired) electrons. The maximum absolute atomic E-state index is 12.7. The summed E-state index contributed by atoms with van der Waals surface area (Å²) in [5.41, 5.74) is 1.24. The normalized spacial score (nSPS) is 14.9. The Bertz CT molecular complexity index is 769. The van der Waals surface area contributed by atoms with E-state index in [-0.39, 0.29) is 6.03 Å². The minimum atomic E-state index is -0.0704. The zero-order valence-corrected chi connectivity index (χ0v) is 17.7. The van der Waals surface area contributed by atoms with Crippen molar-refractivity contribution in [2.75, 3.05) is 55.1 Å². The molecule has 0 aromatic carbocycles. The lowest BCUT2D eigenvalue weighted by atomic mass is 10.2. The number of nitrogens with one attached hydrogen (secondary N) is 1. The zero-order valence-electron chi connectivity index (χ0n) is 16.8. The molecule has 1 saturated heterocycles. The molecule has 152 valence electrons. The lowest BCUT2D eigenvalue weighted by molar-refractivity contribution is 0.134. The van der Waals surface area contributed by atoms with Crippen LogP contribution in [0.3, 0.4) is 0 Å². The van der Waals surface area contributed by atoms with Crippen molar-refractivity contribution in [1.29, 1.82) is 0 Å². The highest BCUT2D eigenvalue weighted by Gasteiger charge is 2.24. The SMILES string of the molecule is CCN(CC)c1ncccc1CN1CCN(C(=O)n2ccc(NSC)n2)CC1. The highest BCUT2D eigenvalue weighted by atomic mass is 32.2. The van der Waals surface area contributed by atoms with Crippen molar-refractivity contribution in [2.24, 2.45) is 0 Å². The summed E-state index contributed by atoms with van der Waals surface area (Å²) in [6, 6.07) is 5.89. The quantitative estimate of drug-likeness (QED) is 0.713. The molecule has 1 N–H and O–H groups in total. The fourth-order valence-electron chi connectivity index (χ4n) is 3.43. The third-order valence-corrected chi connectivity index (χ3v) is 5.37. The van der Waals surface area contributed by atoms with Crippen molar-refractivity contribution >= 4 is 29.6 Å². The minimum absolute atomic E-state index is 0.0704. The summed E-state index contributed by atoms with van der Waals surface area (Å²) >= 11 is 1.46. The highest BCUT2D eigenvalue weighted by molar-refractivity contribution is 7.99. The molecular formula is C19H29N7OS. The molecule has 0 atom stereocenters. The van der Waals surface area contributed by atoms with Gasteiger partial charge in [-0.15, -0.1) is 5.10 Å². The summed E-state index contributed by atoms with van der Waals surface area (Å²) in [5, 5.41) is 4.28. The molecule has 28 heavy (non-hydrogen) atoms. The average Bonchev–Trinajstić information content (AvgIpc) is 3.19. The smallest absolute Gasteiger partial charge is 0.344 e. The highest BCUT2D eigenvalue weighted by Crippen LogP contribution is 2.20. The number of carbonyl (C=O) groups excluding carboxylic acids is 1. The number of nitrogens with zero attached hydrogens (tertiary/aromatic N) is 6. The van der Waals surface area contributed by atoms with Gasteiger partial charge in [-0.25, -0.2) is 9.78 Å². The van der Waals surface area contributed by atoms with Crippen LogP contribution in [0.4, 0.5) is 16.4 Å². The van der Waals surface area contributed by atoms with Gasteiger partial charge in [0.25, 0.3) is 0 Å². The number of piperazine rings is 1. The Morgan fingerprint density at radius 1 is 1.21 bits per heavy atom. The molecule has 2 aromatic rings. The van der Waals surface area contributed by atoms with Crippen LogP contribution in [0.2, 0.25) is 0 Å². The van der Waals surface area contributed by atoms with Crippen LogP contribution < -0.4 is 9.62 Å². The van der Waals surface area contributed by atoms with E-state index < -0.39 is 0 Å². The van der Waals surface area contributed by atoms with E-state index in [1.807, 2.05) is 29.5 Å². The molecule has 1 fully saturated rings. The Morgan fingerprint density at radius 3 is 2.64 bits per heavy atom. The third kappa shape index (κ3) is 4.77. The Kier molecular flexibility index (Phi) is 7.16. The number of hydrogen-bond acceptors (Lipinski definition) is 7. The van der Waals surface area contributed by atoms with E-state index in [0.29, 0.717) is 18.9 Å². The van der Waals surface area contributed by atoms with Crippen LogP contribution in [0, 0.1) is 0 Å². The lowest BCUT2D eigenvalue weighted by Crippen LogP contribution is -2.49. The van der Waals surface area contributed by atoms with Crippen molar-refractivity contribution in [3.8, 4) is 0 Å². The predicted octanol–water partition coefficient (Wildman–Crippen LogP) is 2.60. The van der Waals surface area contributed by atoms with Gasteiger partial charge in [-0.1, -0.05) is 18.0 Å². The van der Waals surface area contributed by atoms with Crippen LogP contribution in [0.25, 0.3) is 0 Å². The van der Waals surface area contributed by atoms with Gasteiger partial charge in [-0.05, 0) is 19.9 Å². The zero-order chi connectivity index (χ0) is 19.9. The molecule has 1 aliphatic rings. The monoisotopic (exact) mass is 403 g/mol. The second-order valence-electron chi connectivity index (χ2n) is 6.66. The molecule has 0 saturated carbocycles.